The Morgan fingerprint density at radius 3 is 3.06 bits per heavy atom. The van der Waals surface area contributed by atoms with Crippen LogP contribution >= 0.6 is 0 Å². The number of likely N-dealkylation sites (tertiary alicyclic amines) is 1. The van der Waals surface area contributed by atoms with E-state index >= 15 is 0 Å². The van der Waals surface area contributed by atoms with E-state index in [-0.39, 0.29) is 11.9 Å². The Hall–Kier alpha value is -1.62. The Morgan fingerprint density at radius 2 is 2.44 bits per heavy atom. The number of amides is 1. The molecule has 1 aliphatic rings. The van der Waals surface area contributed by atoms with E-state index in [1.54, 1.807) is 23.2 Å². The van der Waals surface area contributed by atoms with Gasteiger partial charge in [0.15, 0.2) is 0 Å². The Morgan fingerprint density at radius 1 is 1.69 bits per heavy atom. The van der Waals surface area contributed by atoms with Crippen molar-refractivity contribution in [3.8, 4) is 5.88 Å². The Kier molecular flexibility index (Phi) is 3.05. The van der Waals surface area contributed by atoms with Crippen molar-refractivity contribution in [2.45, 2.75) is 13.0 Å². The summed E-state index contributed by atoms with van der Waals surface area (Å²) in [5, 5.41) is 0. The SMILES string of the molecule is CCOc1ncccc1C(=O)N1CC(N)C1. The summed E-state index contributed by atoms with van der Waals surface area (Å²) < 4.78 is 5.31. The summed E-state index contributed by atoms with van der Waals surface area (Å²) in [4.78, 5) is 17.8. The van der Waals surface area contributed by atoms with Crippen LogP contribution in [0.25, 0.3) is 0 Å². The number of hydrogen-bond donors (Lipinski definition) is 1. The molecule has 1 amide bonds. The van der Waals surface area contributed by atoms with Crippen LogP contribution in [0.3, 0.4) is 0 Å². The number of ether oxygens (including phenoxy) is 1. The maximum absolute atomic E-state index is 12.0. The summed E-state index contributed by atoms with van der Waals surface area (Å²) in [7, 11) is 0. The van der Waals surface area contributed by atoms with Crippen LogP contribution in [0.4, 0.5) is 0 Å². The lowest BCUT2D eigenvalue weighted by Gasteiger charge is -2.36. The number of carbonyl (C=O) groups excluding carboxylic acids is 1. The minimum Gasteiger partial charge on any atom is -0.477 e. The van der Waals surface area contributed by atoms with E-state index < -0.39 is 0 Å². The van der Waals surface area contributed by atoms with E-state index in [0.29, 0.717) is 31.1 Å². The highest BCUT2D eigenvalue weighted by atomic mass is 16.5. The van der Waals surface area contributed by atoms with Gasteiger partial charge < -0.3 is 15.4 Å². The van der Waals surface area contributed by atoms with Gasteiger partial charge in [0.05, 0.1) is 6.61 Å². The molecule has 0 aromatic carbocycles. The summed E-state index contributed by atoms with van der Waals surface area (Å²) in [6.45, 7) is 3.58. The van der Waals surface area contributed by atoms with Gasteiger partial charge in [0.1, 0.15) is 5.56 Å². The van der Waals surface area contributed by atoms with Crippen molar-refractivity contribution < 1.29 is 9.53 Å². The molecular weight excluding hydrogens is 206 g/mol. The smallest absolute Gasteiger partial charge is 0.259 e. The Balaban J connectivity index is 2.16. The molecule has 0 aliphatic carbocycles. The fraction of sp³-hybridized carbons (Fsp3) is 0.455. The summed E-state index contributed by atoms with van der Waals surface area (Å²) in [6, 6.07) is 3.57. The monoisotopic (exact) mass is 221 g/mol. The van der Waals surface area contributed by atoms with E-state index in [0.717, 1.165) is 0 Å². The second-order valence-corrected chi connectivity index (χ2v) is 3.76. The highest BCUT2D eigenvalue weighted by molar-refractivity contribution is 5.96. The van der Waals surface area contributed by atoms with Gasteiger partial charge in [0, 0.05) is 25.3 Å². The van der Waals surface area contributed by atoms with Gasteiger partial charge in [-0.3, -0.25) is 4.79 Å². The number of rotatable bonds is 3. The van der Waals surface area contributed by atoms with Crippen LogP contribution < -0.4 is 10.5 Å². The molecule has 5 heteroatoms. The van der Waals surface area contributed by atoms with Crippen molar-refractivity contribution in [3.05, 3.63) is 23.9 Å². The first-order chi connectivity index (χ1) is 7.72. The first-order valence-corrected chi connectivity index (χ1v) is 5.35. The molecule has 1 aromatic rings. The van der Waals surface area contributed by atoms with Gasteiger partial charge in [-0.1, -0.05) is 0 Å². The van der Waals surface area contributed by atoms with Gasteiger partial charge in [0.25, 0.3) is 5.91 Å². The summed E-state index contributed by atoms with van der Waals surface area (Å²) in [6.07, 6.45) is 1.61. The second kappa shape index (κ2) is 4.49. The molecule has 0 bridgehead atoms. The molecule has 0 unspecified atom stereocenters. The minimum atomic E-state index is -0.0572. The maximum Gasteiger partial charge on any atom is 0.259 e. The van der Waals surface area contributed by atoms with Crippen molar-refractivity contribution in [3.63, 3.8) is 0 Å². The van der Waals surface area contributed by atoms with E-state index in [9.17, 15) is 4.79 Å². The van der Waals surface area contributed by atoms with Crippen LogP contribution in [0.15, 0.2) is 18.3 Å². The predicted octanol–water partition coefficient (Wildman–Crippen LogP) is 0.263. The van der Waals surface area contributed by atoms with Gasteiger partial charge >= 0.3 is 0 Å². The molecule has 0 radical (unpaired) electrons. The highest BCUT2D eigenvalue weighted by Crippen LogP contribution is 2.19. The lowest BCUT2D eigenvalue weighted by molar-refractivity contribution is 0.0603. The first kappa shape index (κ1) is 10.9. The quantitative estimate of drug-likeness (QED) is 0.795. The number of nitrogens with two attached hydrogens (primary N) is 1. The molecule has 5 nitrogen and oxygen atoms in total. The minimum absolute atomic E-state index is 0.0572. The van der Waals surface area contributed by atoms with Crippen LogP contribution in [0.5, 0.6) is 5.88 Å². The van der Waals surface area contributed by atoms with Crippen molar-refractivity contribution in [2.75, 3.05) is 19.7 Å². The molecule has 86 valence electrons. The van der Waals surface area contributed by atoms with Crippen molar-refractivity contribution in [1.29, 1.82) is 0 Å². The maximum atomic E-state index is 12.0. The molecule has 2 heterocycles. The molecule has 0 spiro atoms. The van der Waals surface area contributed by atoms with Crippen LogP contribution in [-0.4, -0.2) is 41.5 Å². The third kappa shape index (κ3) is 1.99. The van der Waals surface area contributed by atoms with Gasteiger partial charge in [0.2, 0.25) is 5.88 Å². The predicted molar refractivity (Wildman–Crippen MR) is 59.3 cm³/mol. The zero-order valence-electron chi connectivity index (χ0n) is 9.22. The number of nitrogens with zero attached hydrogens (tertiary/aromatic N) is 2. The normalized spacial score (nSPS) is 15.8. The first-order valence-electron chi connectivity index (χ1n) is 5.35. The lowest BCUT2D eigenvalue weighted by Crippen LogP contribution is -2.57. The van der Waals surface area contributed by atoms with E-state index in [1.807, 2.05) is 6.92 Å². The van der Waals surface area contributed by atoms with Gasteiger partial charge in [-0.25, -0.2) is 4.98 Å². The molecule has 16 heavy (non-hydrogen) atoms. The van der Waals surface area contributed by atoms with E-state index in [1.165, 1.54) is 0 Å². The summed E-state index contributed by atoms with van der Waals surface area (Å²) in [5.41, 5.74) is 6.15. The van der Waals surface area contributed by atoms with Gasteiger partial charge in [-0.2, -0.15) is 0 Å². The largest absolute Gasteiger partial charge is 0.477 e. The average Bonchev–Trinajstić information content (AvgIpc) is 2.25. The number of aromatic nitrogens is 1. The molecule has 2 N–H and O–H groups in total. The van der Waals surface area contributed by atoms with E-state index in [4.69, 9.17) is 10.5 Å². The molecule has 0 saturated carbocycles. The molecule has 1 aliphatic heterocycles. The fourth-order valence-electron chi connectivity index (χ4n) is 1.65. The third-order valence-electron chi connectivity index (χ3n) is 2.48. The number of hydrogen-bond acceptors (Lipinski definition) is 4. The third-order valence-corrected chi connectivity index (χ3v) is 2.48. The highest BCUT2D eigenvalue weighted by Gasteiger charge is 2.30. The zero-order chi connectivity index (χ0) is 11.5. The fourth-order valence-corrected chi connectivity index (χ4v) is 1.65. The summed E-state index contributed by atoms with van der Waals surface area (Å²) in [5.74, 6) is 0.341. The van der Waals surface area contributed by atoms with Crippen LogP contribution in [0.1, 0.15) is 17.3 Å². The van der Waals surface area contributed by atoms with Crippen LogP contribution in [0, 0.1) is 0 Å². The van der Waals surface area contributed by atoms with Crippen molar-refractivity contribution >= 4 is 5.91 Å². The standard InChI is InChI=1S/C11H15N3O2/c1-2-16-10-9(4-3-5-13-10)11(15)14-6-8(12)7-14/h3-5,8H,2,6-7,12H2,1H3. The molecule has 1 saturated heterocycles. The van der Waals surface area contributed by atoms with Crippen LogP contribution in [-0.2, 0) is 0 Å². The Bertz CT molecular complexity index is 389. The number of carbonyl (C=O) groups is 1. The molecule has 1 fully saturated rings. The van der Waals surface area contributed by atoms with Gasteiger partial charge in [-0.05, 0) is 19.1 Å². The average molecular weight is 221 g/mol. The van der Waals surface area contributed by atoms with Crippen LogP contribution in [0.2, 0.25) is 0 Å². The molecule has 2 rings (SSSR count). The summed E-state index contributed by atoms with van der Waals surface area (Å²) >= 11 is 0. The zero-order valence-corrected chi connectivity index (χ0v) is 9.22. The number of pyridine rings is 1. The molecule has 0 atom stereocenters. The topological polar surface area (TPSA) is 68.5 Å². The van der Waals surface area contributed by atoms with Crippen molar-refractivity contribution in [2.24, 2.45) is 5.73 Å². The second-order valence-electron chi connectivity index (χ2n) is 3.76. The lowest BCUT2D eigenvalue weighted by atomic mass is 10.1. The Labute approximate surface area is 94.2 Å². The van der Waals surface area contributed by atoms with E-state index in [2.05, 4.69) is 4.98 Å². The van der Waals surface area contributed by atoms with Crippen molar-refractivity contribution in [1.82, 2.24) is 9.88 Å². The molecular formula is C11H15N3O2. The molecule has 1 aromatic heterocycles. The van der Waals surface area contributed by atoms with Gasteiger partial charge in [-0.15, -0.1) is 0 Å².